The zero-order chi connectivity index (χ0) is 18.4. The monoisotopic (exact) mass is 384 g/mol. The standard InChI is InChI=1S/C20H24N4O2S/c1-12(25-2)15-5-6-16(19-21-7-8-27-19)18-17(15)23-20(26-18)24-10-13-3-4-14(11-24)22-9-13/h5-8,12-14,22H,3-4,9-11H2,1-2H3. The fraction of sp³-hybridized carbons (Fsp3) is 0.500. The van der Waals surface area contributed by atoms with Gasteiger partial charge in [-0.2, -0.15) is 4.98 Å². The molecule has 2 bridgehead atoms. The van der Waals surface area contributed by atoms with Crippen molar-refractivity contribution in [2.45, 2.75) is 31.9 Å². The van der Waals surface area contributed by atoms with Gasteiger partial charge in [-0.15, -0.1) is 11.3 Å². The van der Waals surface area contributed by atoms with Crippen LogP contribution in [0, 0.1) is 5.92 Å². The highest BCUT2D eigenvalue weighted by Crippen LogP contribution is 2.38. The van der Waals surface area contributed by atoms with Crippen molar-refractivity contribution in [2.75, 3.05) is 31.6 Å². The first-order valence-corrected chi connectivity index (χ1v) is 10.5. The van der Waals surface area contributed by atoms with Gasteiger partial charge in [0.15, 0.2) is 5.58 Å². The third-order valence-corrected chi connectivity index (χ3v) is 6.63. The number of fused-ring (bicyclic) bond motifs is 5. The normalized spacial score (nSPS) is 23.7. The summed E-state index contributed by atoms with van der Waals surface area (Å²) in [7, 11) is 1.73. The van der Waals surface area contributed by atoms with Crippen molar-refractivity contribution in [1.82, 2.24) is 15.3 Å². The van der Waals surface area contributed by atoms with Crippen LogP contribution in [0.15, 0.2) is 28.1 Å². The van der Waals surface area contributed by atoms with Crippen LogP contribution >= 0.6 is 11.3 Å². The predicted molar refractivity (Wildman–Crippen MR) is 107 cm³/mol. The van der Waals surface area contributed by atoms with Gasteiger partial charge in [0.1, 0.15) is 10.5 Å². The summed E-state index contributed by atoms with van der Waals surface area (Å²) in [5, 5.41) is 6.59. The molecule has 142 valence electrons. The van der Waals surface area contributed by atoms with Crippen LogP contribution in [0.25, 0.3) is 21.7 Å². The lowest BCUT2D eigenvalue weighted by atomic mass is 9.97. The zero-order valence-corrected chi connectivity index (χ0v) is 16.5. The van der Waals surface area contributed by atoms with Crippen molar-refractivity contribution in [1.29, 1.82) is 0 Å². The van der Waals surface area contributed by atoms with Gasteiger partial charge in [0, 0.05) is 43.4 Å². The number of hydrogen-bond acceptors (Lipinski definition) is 7. The number of aromatic nitrogens is 2. The number of benzene rings is 1. The highest BCUT2D eigenvalue weighted by Gasteiger charge is 2.32. The van der Waals surface area contributed by atoms with E-state index in [-0.39, 0.29) is 6.10 Å². The molecule has 3 saturated heterocycles. The van der Waals surface area contributed by atoms with Gasteiger partial charge in [-0.25, -0.2) is 4.98 Å². The van der Waals surface area contributed by atoms with Crippen LogP contribution in [0.4, 0.5) is 6.01 Å². The summed E-state index contributed by atoms with van der Waals surface area (Å²) in [6.07, 6.45) is 4.30. The molecule has 6 rings (SSSR count). The summed E-state index contributed by atoms with van der Waals surface area (Å²) in [6, 6.07) is 5.41. The van der Waals surface area contributed by atoms with Crippen molar-refractivity contribution in [3.8, 4) is 10.6 Å². The molecule has 0 amide bonds. The lowest BCUT2D eigenvalue weighted by molar-refractivity contribution is 0.120. The summed E-state index contributed by atoms with van der Waals surface area (Å²) >= 11 is 1.62. The van der Waals surface area contributed by atoms with Crippen LogP contribution in [0.1, 0.15) is 31.4 Å². The second-order valence-corrected chi connectivity index (χ2v) is 8.44. The van der Waals surface area contributed by atoms with Crippen molar-refractivity contribution in [3.05, 3.63) is 29.3 Å². The van der Waals surface area contributed by atoms with E-state index in [1.807, 2.05) is 18.5 Å². The minimum absolute atomic E-state index is 0.0437. The summed E-state index contributed by atoms with van der Waals surface area (Å²) in [5.41, 5.74) is 3.75. The zero-order valence-electron chi connectivity index (χ0n) is 15.6. The maximum Gasteiger partial charge on any atom is 0.298 e. The van der Waals surface area contributed by atoms with Gasteiger partial charge in [0.25, 0.3) is 6.01 Å². The van der Waals surface area contributed by atoms with E-state index in [1.54, 1.807) is 18.4 Å². The van der Waals surface area contributed by atoms with Crippen molar-refractivity contribution >= 4 is 28.5 Å². The molecule has 0 radical (unpaired) electrons. The second-order valence-electron chi connectivity index (χ2n) is 7.55. The molecule has 7 heteroatoms. The van der Waals surface area contributed by atoms with E-state index < -0.39 is 0 Å². The number of nitrogens with zero attached hydrogens (tertiary/aromatic N) is 3. The van der Waals surface area contributed by atoms with Gasteiger partial charge in [-0.05, 0) is 38.3 Å². The van der Waals surface area contributed by atoms with Gasteiger partial charge in [-0.3, -0.25) is 0 Å². The first kappa shape index (κ1) is 17.2. The number of methoxy groups -OCH3 is 1. The Morgan fingerprint density at radius 1 is 1.33 bits per heavy atom. The number of oxazole rings is 1. The lowest BCUT2D eigenvalue weighted by Gasteiger charge is -2.22. The highest BCUT2D eigenvalue weighted by molar-refractivity contribution is 7.13. The van der Waals surface area contributed by atoms with E-state index in [1.165, 1.54) is 12.8 Å². The van der Waals surface area contributed by atoms with Crippen LogP contribution in [-0.2, 0) is 4.74 Å². The average molecular weight is 385 g/mol. The molecule has 3 aromatic rings. The molecular formula is C20H24N4O2S. The maximum atomic E-state index is 6.38. The van der Waals surface area contributed by atoms with Crippen LogP contribution < -0.4 is 10.2 Å². The van der Waals surface area contributed by atoms with Crippen molar-refractivity contribution < 1.29 is 9.15 Å². The summed E-state index contributed by atoms with van der Waals surface area (Å²) < 4.78 is 12.0. The van der Waals surface area contributed by atoms with Gasteiger partial charge >= 0.3 is 0 Å². The molecular weight excluding hydrogens is 360 g/mol. The number of thiazole rings is 1. The number of anilines is 1. The molecule has 3 atom stereocenters. The Labute approximate surface area is 162 Å². The van der Waals surface area contributed by atoms with E-state index in [9.17, 15) is 0 Å². The second kappa shape index (κ2) is 6.89. The van der Waals surface area contributed by atoms with Crippen LogP contribution in [0.5, 0.6) is 0 Å². The van der Waals surface area contributed by atoms with Gasteiger partial charge in [0.2, 0.25) is 0 Å². The fourth-order valence-corrected chi connectivity index (χ4v) is 4.88. The summed E-state index contributed by atoms with van der Waals surface area (Å²) in [6.45, 7) is 5.09. The molecule has 3 fully saturated rings. The molecule has 5 heterocycles. The van der Waals surface area contributed by atoms with E-state index in [0.717, 1.165) is 52.9 Å². The number of nitrogens with one attached hydrogen (secondary N) is 1. The number of hydrogen-bond donors (Lipinski definition) is 1. The Hall–Kier alpha value is -1.96. The average Bonchev–Trinajstić information content (AvgIpc) is 3.29. The molecule has 3 aliphatic heterocycles. The number of ether oxygens (including phenoxy) is 1. The lowest BCUT2D eigenvalue weighted by Crippen LogP contribution is -2.39. The molecule has 0 aliphatic carbocycles. The molecule has 3 unspecified atom stereocenters. The van der Waals surface area contributed by atoms with Gasteiger partial charge < -0.3 is 19.4 Å². The fourth-order valence-electron chi connectivity index (χ4n) is 4.22. The molecule has 0 saturated carbocycles. The van der Waals surface area contributed by atoms with Crippen molar-refractivity contribution in [2.24, 2.45) is 5.92 Å². The van der Waals surface area contributed by atoms with E-state index >= 15 is 0 Å². The minimum atomic E-state index is -0.0437. The highest BCUT2D eigenvalue weighted by atomic mass is 32.1. The molecule has 1 N–H and O–H groups in total. The molecule has 1 aromatic carbocycles. The third-order valence-electron chi connectivity index (χ3n) is 5.83. The van der Waals surface area contributed by atoms with E-state index in [0.29, 0.717) is 12.0 Å². The molecule has 27 heavy (non-hydrogen) atoms. The van der Waals surface area contributed by atoms with Crippen molar-refractivity contribution in [3.63, 3.8) is 0 Å². The maximum absolute atomic E-state index is 6.38. The van der Waals surface area contributed by atoms with Gasteiger partial charge in [0.05, 0.1) is 11.7 Å². The summed E-state index contributed by atoms with van der Waals surface area (Å²) in [5.74, 6) is 0.662. The minimum Gasteiger partial charge on any atom is -0.423 e. The topological polar surface area (TPSA) is 63.4 Å². The Morgan fingerprint density at radius 3 is 3.00 bits per heavy atom. The Balaban J connectivity index is 1.63. The van der Waals surface area contributed by atoms with E-state index in [2.05, 4.69) is 27.3 Å². The van der Waals surface area contributed by atoms with Crippen LogP contribution in [0.2, 0.25) is 0 Å². The quantitative estimate of drug-likeness (QED) is 0.737. The first-order chi connectivity index (χ1) is 13.2. The summed E-state index contributed by atoms with van der Waals surface area (Å²) in [4.78, 5) is 11.7. The Bertz CT molecular complexity index is 917. The van der Waals surface area contributed by atoms with Crippen LogP contribution in [-0.4, -0.2) is 42.8 Å². The van der Waals surface area contributed by atoms with Gasteiger partial charge in [-0.1, -0.05) is 6.07 Å². The van der Waals surface area contributed by atoms with E-state index in [4.69, 9.17) is 14.1 Å². The number of piperidine rings is 1. The Kier molecular flexibility index (Phi) is 4.38. The molecule has 3 aliphatic rings. The molecule has 6 nitrogen and oxygen atoms in total. The third kappa shape index (κ3) is 3.03. The predicted octanol–water partition coefficient (Wildman–Crippen LogP) is 3.85. The molecule has 0 spiro atoms. The first-order valence-electron chi connectivity index (χ1n) is 9.57. The van der Waals surface area contributed by atoms with Crippen LogP contribution in [0.3, 0.4) is 0 Å². The number of rotatable bonds is 4. The molecule has 2 aromatic heterocycles. The smallest absolute Gasteiger partial charge is 0.298 e. The SMILES string of the molecule is COC(C)c1ccc(-c2nccs2)c2oc(N3CC4CCC(C3)NC4)nc12. The largest absolute Gasteiger partial charge is 0.423 e. The Morgan fingerprint density at radius 2 is 2.26 bits per heavy atom.